The quantitative estimate of drug-likeness (QED) is 0.261. The molecule has 0 bridgehead atoms. The van der Waals surface area contributed by atoms with E-state index in [1.54, 1.807) is 0 Å². The van der Waals surface area contributed by atoms with Crippen LogP contribution in [0.25, 0.3) is 0 Å². The molecule has 3 rings (SSSR count). The molecule has 176 valence electrons. The molecule has 0 aromatic heterocycles. The van der Waals surface area contributed by atoms with Crippen LogP contribution in [0.1, 0.15) is 98.2 Å². The molecular weight excluding hydrogens is 447 g/mol. The van der Waals surface area contributed by atoms with Crippen molar-refractivity contribution in [3.8, 4) is 0 Å². The zero-order valence-electron chi connectivity index (χ0n) is 20.6. The Balaban J connectivity index is 2.42. The van der Waals surface area contributed by atoms with Gasteiger partial charge in [-0.15, -0.1) is 0 Å². The zero-order chi connectivity index (χ0) is 24.4. The van der Waals surface area contributed by atoms with Gasteiger partial charge in [-0.05, 0) is 70.2 Å². The molecule has 0 heterocycles. The monoisotopic (exact) mass is 482 g/mol. The number of hydrogen-bond donors (Lipinski definition) is 2. The fourth-order valence-electron chi connectivity index (χ4n) is 4.71. The molecule has 0 saturated heterocycles. The molecule has 0 fully saturated rings. The Kier molecular flexibility index (Phi) is 8.03. The summed E-state index contributed by atoms with van der Waals surface area (Å²) < 4.78 is 0. The van der Waals surface area contributed by atoms with Crippen molar-refractivity contribution in [3.63, 3.8) is 0 Å². The van der Waals surface area contributed by atoms with Crippen LogP contribution in [-0.4, -0.2) is 0 Å². The number of hydrogen-bond acceptors (Lipinski definition) is 2. The largest absolute Gasteiger partial charge is 0.398 e. The van der Waals surface area contributed by atoms with E-state index in [0.717, 1.165) is 63.2 Å². The molecule has 2 nitrogen and oxygen atoms in total. The summed E-state index contributed by atoms with van der Waals surface area (Å²) in [6.07, 6.45) is 1.73. The predicted molar refractivity (Wildman–Crippen MR) is 146 cm³/mol. The Hall–Kier alpha value is -2.16. The van der Waals surface area contributed by atoms with E-state index >= 15 is 0 Å². The molecule has 3 aromatic rings. The zero-order valence-corrected chi connectivity index (χ0v) is 22.1. The van der Waals surface area contributed by atoms with Gasteiger partial charge in [0.1, 0.15) is 0 Å². The van der Waals surface area contributed by atoms with Crippen LogP contribution in [0.4, 0.5) is 11.4 Å². The maximum atomic E-state index is 6.80. The first-order valence-corrected chi connectivity index (χ1v) is 12.6. The van der Waals surface area contributed by atoms with Crippen LogP contribution in [-0.2, 0) is 12.8 Å². The lowest BCUT2D eigenvalue weighted by atomic mass is 9.79. The van der Waals surface area contributed by atoms with Crippen LogP contribution in [0.5, 0.6) is 0 Å². The van der Waals surface area contributed by atoms with Gasteiger partial charge in [0, 0.05) is 32.9 Å². The average molecular weight is 484 g/mol. The highest BCUT2D eigenvalue weighted by atomic mass is 35.5. The molecule has 0 spiro atoms. The Bertz CT molecular complexity index is 1060. The smallest absolute Gasteiger partial charge is 0.0462 e. The third kappa shape index (κ3) is 5.03. The van der Waals surface area contributed by atoms with E-state index in [-0.39, 0.29) is 5.92 Å². The molecule has 0 unspecified atom stereocenters. The van der Waals surface area contributed by atoms with E-state index in [1.165, 1.54) is 0 Å². The van der Waals surface area contributed by atoms with Gasteiger partial charge in [0.25, 0.3) is 0 Å². The molecule has 0 saturated carbocycles. The highest BCUT2D eigenvalue weighted by Crippen LogP contribution is 2.44. The first-order chi connectivity index (χ1) is 15.6. The first-order valence-electron chi connectivity index (χ1n) is 11.9. The van der Waals surface area contributed by atoms with Gasteiger partial charge >= 0.3 is 0 Å². The Morgan fingerprint density at radius 2 is 1.09 bits per heavy atom. The van der Waals surface area contributed by atoms with E-state index in [1.807, 2.05) is 18.2 Å². The molecule has 3 aromatic carbocycles. The fraction of sp³-hybridized carbons (Fsp3) is 0.379. The molecule has 0 aliphatic heterocycles. The molecule has 0 amide bonds. The van der Waals surface area contributed by atoms with Crippen LogP contribution >= 0.6 is 23.2 Å². The summed E-state index contributed by atoms with van der Waals surface area (Å²) in [5.41, 5.74) is 22.7. The molecular formula is C29H36Cl2N2. The molecule has 4 heteroatoms. The van der Waals surface area contributed by atoms with E-state index < -0.39 is 0 Å². The summed E-state index contributed by atoms with van der Waals surface area (Å²) in [6.45, 7) is 13.0. The number of anilines is 2. The maximum absolute atomic E-state index is 6.80. The second-order valence-corrected chi connectivity index (χ2v) is 10.3. The van der Waals surface area contributed by atoms with Gasteiger partial charge < -0.3 is 11.5 Å². The summed E-state index contributed by atoms with van der Waals surface area (Å²) >= 11 is 13.6. The lowest BCUT2D eigenvalue weighted by Crippen LogP contribution is -2.11. The lowest BCUT2D eigenvalue weighted by Gasteiger charge is -2.26. The van der Waals surface area contributed by atoms with Crippen molar-refractivity contribution >= 4 is 34.6 Å². The minimum atomic E-state index is -0.127. The molecule has 0 aliphatic rings. The molecule has 33 heavy (non-hydrogen) atoms. The Morgan fingerprint density at radius 3 is 1.42 bits per heavy atom. The number of nitrogens with two attached hydrogens (primary N) is 2. The number of benzene rings is 3. The molecule has 4 N–H and O–H groups in total. The number of aryl methyl sites for hydroxylation is 2. The molecule has 0 radical (unpaired) electrons. The highest BCUT2D eigenvalue weighted by Gasteiger charge is 2.26. The normalized spacial score (nSPS) is 11.7. The SMILES string of the molecule is CCc1cc(C(c2cc(CC)c(N)c(C(C)C)c2)c2c(Cl)cccc2Cl)cc(C(C)C)c1N. The van der Waals surface area contributed by atoms with Gasteiger partial charge in [0.2, 0.25) is 0 Å². The molecule has 0 atom stereocenters. The number of rotatable bonds is 7. The molecule has 0 aliphatic carbocycles. The summed E-state index contributed by atoms with van der Waals surface area (Å²) in [5.74, 6) is 0.487. The fourth-order valence-corrected chi connectivity index (χ4v) is 5.33. The third-order valence-electron chi connectivity index (χ3n) is 6.60. The van der Waals surface area contributed by atoms with Gasteiger partial charge in [-0.25, -0.2) is 0 Å². The summed E-state index contributed by atoms with van der Waals surface area (Å²) in [7, 11) is 0. The van der Waals surface area contributed by atoms with Crippen molar-refractivity contribution in [2.24, 2.45) is 0 Å². The predicted octanol–water partition coefficient (Wildman–Crippen LogP) is 8.71. The Morgan fingerprint density at radius 1 is 0.697 bits per heavy atom. The van der Waals surface area contributed by atoms with Crippen molar-refractivity contribution in [3.05, 3.63) is 91.5 Å². The topological polar surface area (TPSA) is 52.0 Å². The number of nitrogen functional groups attached to an aromatic ring is 2. The number of halogens is 2. The minimum absolute atomic E-state index is 0.127. The van der Waals surface area contributed by atoms with E-state index in [2.05, 4.69) is 65.8 Å². The second kappa shape index (κ2) is 10.4. The third-order valence-corrected chi connectivity index (χ3v) is 7.26. The van der Waals surface area contributed by atoms with Crippen molar-refractivity contribution < 1.29 is 0 Å². The van der Waals surface area contributed by atoms with Crippen LogP contribution in [0, 0.1) is 0 Å². The standard InChI is InChI=1S/C29H36Cl2N2/c1-7-18-12-20(14-22(16(3)4)28(18)32)26(27-24(30)10-9-11-25(27)31)21-13-19(8-2)29(33)23(15-21)17(5)6/h9-17,26H,7-8,32-33H2,1-6H3. The van der Waals surface area contributed by atoms with Gasteiger partial charge in [-0.1, -0.05) is 95.1 Å². The minimum Gasteiger partial charge on any atom is -0.398 e. The highest BCUT2D eigenvalue weighted by molar-refractivity contribution is 6.36. The van der Waals surface area contributed by atoms with Crippen LogP contribution < -0.4 is 11.5 Å². The summed E-state index contributed by atoms with van der Waals surface area (Å²) in [6, 6.07) is 14.6. The van der Waals surface area contributed by atoms with Crippen LogP contribution in [0.2, 0.25) is 10.0 Å². The second-order valence-electron chi connectivity index (χ2n) is 9.45. The lowest BCUT2D eigenvalue weighted by molar-refractivity contribution is 0.846. The van der Waals surface area contributed by atoms with Crippen LogP contribution in [0.15, 0.2) is 42.5 Å². The van der Waals surface area contributed by atoms with Gasteiger partial charge in [-0.2, -0.15) is 0 Å². The van der Waals surface area contributed by atoms with Gasteiger partial charge in [-0.3, -0.25) is 0 Å². The van der Waals surface area contributed by atoms with Gasteiger partial charge in [0.15, 0.2) is 0 Å². The van der Waals surface area contributed by atoms with Crippen molar-refractivity contribution in [1.82, 2.24) is 0 Å². The van der Waals surface area contributed by atoms with E-state index in [0.29, 0.717) is 21.9 Å². The van der Waals surface area contributed by atoms with E-state index in [9.17, 15) is 0 Å². The average Bonchev–Trinajstić information content (AvgIpc) is 2.76. The summed E-state index contributed by atoms with van der Waals surface area (Å²) in [4.78, 5) is 0. The van der Waals surface area contributed by atoms with Gasteiger partial charge in [0.05, 0.1) is 0 Å². The maximum Gasteiger partial charge on any atom is 0.0462 e. The Labute approximate surface area is 209 Å². The van der Waals surface area contributed by atoms with E-state index in [4.69, 9.17) is 34.7 Å². The van der Waals surface area contributed by atoms with Crippen LogP contribution in [0.3, 0.4) is 0 Å². The summed E-state index contributed by atoms with van der Waals surface area (Å²) in [5, 5.41) is 1.32. The van der Waals surface area contributed by atoms with Crippen molar-refractivity contribution in [1.29, 1.82) is 0 Å². The van der Waals surface area contributed by atoms with Crippen molar-refractivity contribution in [2.45, 2.75) is 72.1 Å². The van der Waals surface area contributed by atoms with Crippen molar-refractivity contribution in [2.75, 3.05) is 11.5 Å². The first kappa shape index (κ1) is 25.5.